The molecule has 1 aliphatic rings. The summed E-state index contributed by atoms with van der Waals surface area (Å²) in [5, 5.41) is 0. The second-order valence-electron chi connectivity index (χ2n) is 6.50. The van der Waals surface area contributed by atoms with Crippen molar-refractivity contribution in [1.82, 2.24) is 0 Å². The van der Waals surface area contributed by atoms with Gasteiger partial charge in [0.05, 0.1) is 5.60 Å². The first-order valence-electron chi connectivity index (χ1n) is 6.24. The van der Waals surface area contributed by atoms with Gasteiger partial charge in [0.15, 0.2) is 0 Å². The van der Waals surface area contributed by atoms with Gasteiger partial charge >= 0.3 is 0 Å². The van der Waals surface area contributed by atoms with Gasteiger partial charge in [-0.05, 0) is 44.9 Å². The maximum atomic E-state index is 6.06. The number of rotatable bonds is 4. The fourth-order valence-electron chi connectivity index (χ4n) is 2.48. The van der Waals surface area contributed by atoms with Crippen LogP contribution in [-0.2, 0) is 4.74 Å². The van der Waals surface area contributed by atoms with Gasteiger partial charge in [-0.25, -0.2) is 0 Å². The summed E-state index contributed by atoms with van der Waals surface area (Å²) in [7, 11) is 1.78. The van der Waals surface area contributed by atoms with Gasteiger partial charge in [0.25, 0.3) is 0 Å². The molecule has 2 N–H and O–H groups in total. The highest BCUT2D eigenvalue weighted by Gasteiger charge is 2.27. The van der Waals surface area contributed by atoms with Gasteiger partial charge in [0.1, 0.15) is 0 Å². The van der Waals surface area contributed by atoms with Gasteiger partial charge in [-0.15, -0.1) is 0 Å². The lowest BCUT2D eigenvalue weighted by Gasteiger charge is -2.34. The van der Waals surface area contributed by atoms with Crippen LogP contribution in [0.2, 0.25) is 0 Å². The second-order valence-corrected chi connectivity index (χ2v) is 6.50. The Bertz CT molecular complexity index is 266. The van der Waals surface area contributed by atoms with Crippen LogP contribution < -0.4 is 5.73 Å². The Balaban J connectivity index is 2.55. The molecule has 1 atom stereocenters. The minimum atomic E-state index is -0.0213. The van der Waals surface area contributed by atoms with E-state index < -0.39 is 0 Å². The van der Waals surface area contributed by atoms with Gasteiger partial charge in [-0.2, -0.15) is 0 Å². The van der Waals surface area contributed by atoms with E-state index in [-0.39, 0.29) is 11.6 Å². The van der Waals surface area contributed by atoms with Crippen LogP contribution in [0.5, 0.6) is 0 Å². The van der Waals surface area contributed by atoms with Crippen LogP contribution in [0.15, 0.2) is 11.6 Å². The van der Waals surface area contributed by atoms with Gasteiger partial charge in [0.2, 0.25) is 0 Å². The van der Waals surface area contributed by atoms with Crippen LogP contribution >= 0.6 is 0 Å². The molecule has 2 nitrogen and oxygen atoms in total. The Labute approximate surface area is 100 Å². The summed E-state index contributed by atoms with van der Waals surface area (Å²) in [6.07, 6.45) is 6.72. The van der Waals surface area contributed by atoms with Crippen molar-refractivity contribution < 1.29 is 4.74 Å². The van der Waals surface area contributed by atoms with Gasteiger partial charge < -0.3 is 10.5 Å². The fraction of sp³-hybridized carbons (Fsp3) is 0.857. The summed E-state index contributed by atoms with van der Waals surface area (Å²) in [4.78, 5) is 0. The van der Waals surface area contributed by atoms with E-state index in [1.165, 1.54) is 12.0 Å². The first kappa shape index (κ1) is 13.7. The van der Waals surface area contributed by atoms with E-state index in [4.69, 9.17) is 10.5 Å². The smallest absolute Gasteiger partial charge is 0.0625 e. The van der Waals surface area contributed by atoms with Crippen LogP contribution in [0, 0.1) is 5.41 Å². The Kier molecular flexibility index (Phi) is 4.19. The molecule has 0 bridgehead atoms. The summed E-state index contributed by atoms with van der Waals surface area (Å²) in [6, 6.07) is 0.240. The molecule has 0 spiro atoms. The third-order valence-electron chi connectivity index (χ3n) is 3.54. The Morgan fingerprint density at radius 1 is 1.50 bits per heavy atom. The minimum Gasteiger partial charge on any atom is -0.379 e. The van der Waals surface area contributed by atoms with Gasteiger partial charge in [-0.1, -0.05) is 25.5 Å². The largest absolute Gasteiger partial charge is 0.379 e. The van der Waals surface area contributed by atoms with Crippen molar-refractivity contribution in [2.24, 2.45) is 11.1 Å². The summed E-state index contributed by atoms with van der Waals surface area (Å²) < 4.78 is 5.45. The Morgan fingerprint density at radius 3 is 2.62 bits per heavy atom. The molecule has 16 heavy (non-hydrogen) atoms. The maximum absolute atomic E-state index is 6.06. The number of ether oxygens (including phenoxy) is 1. The summed E-state index contributed by atoms with van der Waals surface area (Å²) >= 11 is 0. The van der Waals surface area contributed by atoms with Crippen LogP contribution in [-0.4, -0.2) is 18.8 Å². The Hall–Kier alpha value is -0.340. The summed E-state index contributed by atoms with van der Waals surface area (Å²) in [5.74, 6) is 0. The number of nitrogens with two attached hydrogens (primary N) is 1. The first-order chi connectivity index (χ1) is 7.24. The van der Waals surface area contributed by atoms with E-state index in [9.17, 15) is 0 Å². The number of hydrogen-bond donors (Lipinski definition) is 1. The van der Waals surface area contributed by atoms with E-state index in [1.807, 2.05) is 0 Å². The average molecular weight is 225 g/mol. The molecule has 1 unspecified atom stereocenters. The number of allylic oxidation sites excluding steroid dienone is 1. The number of hydrogen-bond acceptors (Lipinski definition) is 2. The third-order valence-corrected chi connectivity index (χ3v) is 3.54. The van der Waals surface area contributed by atoms with Crippen LogP contribution in [0.3, 0.4) is 0 Å². The molecule has 0 aromatic heterocycles. The quantitative estimate of drug-likeness (QED) is 0.745. The molecule has 0 aliphatic heterocycles. The SMILES string of the molecule is COC(C)(C)CCC1=CC(N)CC(C)(C)C1. The van der Waals surface area contributed by atoms with Crippen molar-refractivity contribution in [2.45, 2.75) is 65.0 Å². The summed E-state index contributed by atoms with van der Waals surface area (Å²) in [5.41, 5.74) is 7.91. The molecule has 0 radical (unpaired) electrons. The topological polar surface area (TPSA) is 35.2 Å². The fourth-order valence-corrected chi connectivity index (χ4v) is 2.48. The lowest BCUT2D eigenvalue weighted by atomic mass is 9.74. The standard InChI is InChI=1S/C14H27NO/c1-13(2)9-11(8-12(15)10-13)6-7-14(3,4)16-5/h8,12H,6-7,9-10,15H2,1-5H3. The zero-order valence-electron chi connectivity index (χ0n) is 11.5. The molecule has 0 heterocycles. The van der Waals surface area contributed by atoms with Crippen molar-refractivity contribution >= 4 is 0 Å². The Morgan fingerprint density at radius 2 is 2.12 bits per heavy atom. The normalized spacial score (nSPS) is 25.4. The van der Waals surface area contributed by atoms with E-state index in [2.05, 4.69) is 33.8 Å². The molecule has 1 aliphatic carbocycles. The zero-order chi connectivity index (χ0) is 12.4. The highest BCUT2D eigenvalue weighted by Crippen LogP contribution is 2.37. The van der Waals surface area contributed by atoms with Gasteiger partial charge in [-0.3, -0.25) is 0 Å². The molecule has 0 saturated heterocycles. The molecule has 0 amide bonds. The van der Waals surface area contributed by atoms with Crippen LogP contribution in [0.25, 0.3) is 0 Å². The average Bonchev–Trinajstić information content (AvgIpc) is 2.12. The minimum absolute atomic E-state index is 0.0213. The van der Waals surface area contributed by atoms with Crippen molar-refractivity contribution in [3.63, 3.8) is 0 Å². The molecule has 94 valence electrons. The lowest BCUT2D eigenvalue weighted by molar-refractivity contribution is 0.0152. The van der Waals surface area contributed by atoms with Crippen molar-refractivity contribution in [2.75, 3.05) is 7.11 Å². The van der Waals surface area contributed by atoms with Crippen molar-refractivity contribution in [1.29, 1.82) is 0 Å². The van der Waals surface area contributed by atoms with E-state index in [0.717, 1.165) is 19.3 Å². The molecule has 1 rings (SSSR count). The first-order valence-corrected chi connectivity index (χ1v) is 6.24. The second kappa shape index (κ2) is 4.89. The maximum Gasteiger partial charge on any atom is 0.0625 e. The van der Waals surface area contributed by atoms with E-state index in [1.54, 1.807) is 7.11 Å². The number of methoxy groups -OCH3 is 1. The third kappa shape index (κ3) is 4.26. The molecular formula is C14H27NO. The molecule has 0 aromatic carbocycles. The molecule has 2 heteroatoms. The molecular weight excluding hydrogens is 198 g/mol. The lowest BCUT2D eigenvalue weighted by Crippen LogP contribution is -2.31. The predicted molar refractivity (Wildman–Crippen MR) is 69.4 cm³/mol. The molecule has 0 saturated carbocycles. The van der Waals surface area contributed by atoms with Crippen molar-refractivity contribution in [3.8, 4) is 0 Å². The van der Waals surface area contributed by atoms with Crippen molar-refractivity contribution in [3.05, 3.63) is 11.6 Å². The van der Waals surface area contributed by atoms with Gasteiger partial charge in [0, 0.05) is 13.2 Å². The predicted octanol–water partition coefficient (Wildman–Crippen LogP) is 3.27. The highest BCUT2D eigenvalue weighted by molar-refractivity contribution is 5.14. The summed E-state index contributed by atoms with van der Waals surface area (Å²) in [6.45, 7) is 8.89. The monoisotopic (exact) mass is 225 g/mol. The van der Waals surface area contributed by atoms with E-state index in [0.29, 0.717) is 5.41 Å². The molecule has 0 aromatic rings. The highest BCUT2D eigenvalue weighted by atomic mass is 16.5. The zero-order valence-corrected chi connectivity index (χ0v) is 11.5. The van der Waals surface area contributed by atoms with E-state index >= 15 is 0 Å². The molecule has 0 fully saturated rings. The van der Waals surface area contributed by atoms with Crippen LogP contribution in [0.1, 0.15) is 53.4 Å². The van der Waals surface area contributed by atoms with Crippen LogP contribution in [0.4, 0.5) is 0 Å².